The molecule has 2 aliphatic heterocycles. The van der Waals surface area contributed by atoms with Gasteiger partial charge in [0.05, 0.1) is 4.91 Å². The van der Waals surface area contributed by atoms with Crippen LogP contribution >= 0.6 is 24.0 Å². The third-order valence-corrected chi connectivity index (χ3v) is 8.07. The average Bonchev–Trinajstić information content (AvgIpc) is 3.11. The Morgan fingerprint density at radius 1 is 1.25 bits per heavy atom. The lowest BCUT2D eigenvalue weighted by molar-refractivity contribution is -0.140. The van der Waals surface area contributed by atoms with E-state index >= 15 is 0 Å². The third-order valence-electron chi connectivity index (χ3n) is 6.69. The van der Waals surface area contributed by atoms with Gasteiger partial charge in [0.1, 0.15) is 28.3 Å². The van der Waals surface area contributed by atoms with E-state index in [1.165, 1.54) is 10.1 Å². The van der Waals surface area contributed by atoms with Gasteiger partial charge in [-0.3, -0.25) is 23.9 Å². The van der Waals surface area contributed by atoms with Crippen LogP contribution in [0.15, 0.2) is 40.0 Å². The van der Waals surface area contributed by atoms with Crippen molar-refractivity contribution in [2.24, 2.45) is 13.0 Å². The van der Waals surface area contributed by atoms with E-state index in [0.29, 0.717) is 22.9 Å². The Morgan fingerprint density at radius 2 is 1.92 bits per heavy atom. The summed E-state index contributed by atoms with van der Waals surface area (Å²) < 4.78 is 1.65. The number of hydrogen-bond acceptors (Lipinski definition) is 7. The van der Waals surface area contributed by atoms with Gasteiger partial charge in [-0.1, -0.05) is 54.3 Å². The summed E-state index contributed by atoms with van der Waals surface area (Å²) >= 11 is 6.25. The SMILES string of the molecule is Cc1c(C=C2SC(=S)N(CC(=O)O)C2=O)c(N2CCC(Cc3ccccc3)CC2)n(C)c(=O)c1C#N. The van der Waals surface area contributed by atoms with Crippen LogP contribution in [0, 0.1) is 24.2 Å². The average molecular weight is 523 g/mol. The normalized spacial score (nSPS) is 17.6. The molecule has 2 aliphatic rings. The Bertz CT molecular complexity index is 1350. The van der Waals surface area contributed by atoms with Crippen LogP contribution in [0.25, 0.3) is 6.08 Å². The molecule has 2 saturated heterocycles. The van der Waals surface area contributed by atoms with Gasteiger partial charge in [-0.25, -0.2) is 0 Å². The maximum atomic E-state index is 13.0. The molecular formula is C26H26N4O4S2. The van der Waals surface area contributed by atoms with Crippen LogP contribution in [-0.4, -0.2) is 50.4 Å². The minimum atomic E-state index is -1.16. The first-order chi connectivity index (χ1) is 17.2. The number of aliphatic carboxylic acids is 1. The number of anilines is 1. The van der Waals surface area contributed by atoms with Crippen LogP contribution in [0.5, 0.6) is 0 Å². The number of nitriles is 1. The summed E-state index contributed by atoms with van der Waals surface area (Å²) in [7, 11) is 1.64. The van der Waals surface area contributed by atoms with E-state index in [0.717, 1.165) is 49.0 Å². The number of hydrogen-bond donors (Lipinski definition) is 1. The lowest BCUT2D eigenvalue weighted by Crippen LogP contribution is -2.39. The highest BCUT2D eigenvalue weighted by atomic mass is 32.2. The first-order valence-electron chi connectivity index (χ1n) is 11.6. The predicted molar refractivity (Wildman–Crippen MR) is 144 cm³/mol. The minimum Gasteiger partial charge on any atom is -0.480 e. The number of carboxylic acids is 1. The Morgan fingerprint density at radius 3 is 2.53 bits per heavy atom. The molecule has 0 spiro atoms. The number of amides is 1. The van der Waals surface area contributed by atoms with Crippen LogP contribution in [0.3, 0.4) is 0 Å². The first kappa shape index (κ1) is 25.7. The highest BCUT2D eigenvalue weighted by molar-refractivity contribution is 8.26. The van der Waals surface area contributed by atoms with E-state index in [2.05, 4.69) is 17.0 Å². The van der Waals surface area contributed by atoms with Crippen LogP contribution in [0.1, 0.15) is 35.1 Å². The maximum absolute atomic E-state index is 13.0. The molecule has 0 atom stereocenters. The van der Waals surface area contributed by atoms with Crippen molar-refractivity contribution < 1.29 is 14.7 Å². The number of pyridine rings is 1. The van der Waals surface area contributed by atoms with E-state index in [9.17, 15) is 19.6 Å². The molecule has 186 valence electrons. The maximum Gasteiger partial charge on any atom is 0.323 e. The van der Waals surface area contributed by atoms with Crippen molar-refractivity contribution in [2.45, 2.75) is 26.2 Å². The van der Waals surface area contributed by atoms with Crippen molar-refractivity contribution >= 4 is 52.1 Å². The van der Waals surface area contributed by atoms with Crippen molar-refractivity contribution in [1.82, 2.24) is 9.47 Å². The van der Waals surface area contributed by atoms with Gasteiger partial charge in [0, 0.05) is 25.7 Å². The fraction of sp³-hybridized carbons (Fsp3) is 0.346. The summed E-state index contributed by atoms with van der Waals surface area (Å²) in [6, 6.07) is 12.4. The smallest absolute Gasteiger partial charge is 0.323 e. The molecule has 3 heterocycles. The van der Waals surface area contributed by atoms with Gasteiger partial charge in [-0.15, -0.1) is 0 Å². The van der Waals surface area contributed by atoms with Gasteiger partial charge in [0.25, 0.3) is 11.5 Å². The number of aromatic nitrogens is 1. The third kappa shape index (κ3) is 5.08. The number of carbonyl (C=O) groups is 2. The lowest BCUT2D eigenvalue weighted by atomic mass is 9.90. The minimum absolute atomic E-state index is 0.0208. The molecule has 0 aliphatic carbocycles. The van der Waals surface area contributed by atoms with Crippen LogP contribution in [0.2, 0.25) is 0 Å². The number of thioether (sulfide) groups is 1. The molecule has 0 saturated carbocycles. The standard InChI is InChI=1S/C26H26N4O4S2/c1-16-19(13-21-25(34)30(15-22(31)32)26(35)36-21)23(28(2)24(33)20(16)14-27)29-10-8-18(9-11-29)12-17-6-4-3-5-7-17/h3-7,13,18H,8-12,15H2,1-2H3,(H,31,32). The summed E-state index contributed by atoms with van der Waals surface area (Å²) in [5, 5.41) is 18.8. The molecule has 10 heteroatoms. The Kier molecular flexibility index (Phi) is 7.62. The number of thiocarbonyl (C=S) groups is 1. The lowest BCUT2D eigenvalue weighted by Gasteiger charge is -2.36. The largest absolute Gasteiger partial charge is 0.480 e. The summed E-state index contributed by atoms with van der Waals surface area (Å²) in [5.74, 6) is -0.475. The van der Waals surface area contributed by atoms with Crippen molar-refractivity contribution in [2.75, 3.05) is 24.5 Å². The second-order valence-electron chi connectivity index (χ2n) is 8.99. The molecule has 2 fully saturated rings. The number of rotatable bonds is 6. The molecule has 8 nitrogen and oxygen atoms in total. The number of carboxylic acid groups (broad SMARTS) is 1. The fourth-order valence-electron chi connectivity index (χ4n) is 4.79. The van der Waals surface area contributed by atoms with Gasteiger partial charge in [-0.05, 0) is 49.3 Å². The zero-order chi connectivity index (χ0) is 26.0. The monoisotopic (exact) mass is 522 g/mol. The topological polar surface area (TPSA) is 107 Å². The number of benzene rings is 1. The van der Waals surface area contributed by atoms with Crippen LogP contribution < -0.4 is 10.5 Å². The molecule has 0 bridgehead atoms. The first-order valence-corrected chi connectivity index (χ1v) is 12.8. The van der Waals surface area contributed by atoms with Crippen molar-refractivity contribution in [3.05, 3.63) is 67.8 Å². The number of nitrogens with zero attached hydrogens (tertiary/aromatic N) is 4. The molecule has 2 aromatic rings. The molecule has 0 unspecified atom stereocenters. The summed E-state index contributed by atoms with van der Waals surface area (Å²) in [6.07, 6.45) is 4.53. The Balaban J connectivity index is 1.68. The van der Waals surface area contributed by atoms with E-state index < -0.39 is 18.4 Å². The van der Waals surface area contributed by atoms with E-state index in [1.54, 1.807) is 20.0 Å². The van der Waals surface area contributed by atoms with Gasteiger partial charge in [-0.2, -0.15) is 5.26 Å². The molecule has 1 aromatic heterocycles. The molecule has 0 radical (unpaired) electrons. The van der Waals surface area contributed by atoms with E-state index in [4.69, 9.17) is 17.3 Å². The van der Waals surface area contributed by atoms with Crippen LogP contribution in [-0.2, 0) is 23.1 Å². The molecule has 1 aromatic carbocycles. The molecular weight excluding hydrogens is 496 g/mol. The Hall–Kier alpha value is -3.42. The number of carbonyl (C=O) groups excluding carboxylic acids is 1. The fourth-order valence-corrected chi connectivity index (χ4v) is 6.03. The number of piperidine rings is 1. The highest BCUT2D eigenvalue weighted by Crippen LogP contribution is 2.36. The van der Waals surface area contributed by atoms with Gasteiger partial charge in [0.15, 0.2) is 0 Å². The Labute approximate surface area is 218 Å². The van der Waals surface area contributed by atoms with E-state index in [1.807, 2.05) is 24.3 Å². The highest BCUT2D eigenvalue weighted by Gasteiger charge is 2.34. The second-order valence-corrected chi connectivity index (χ2v) is 10.7. The van der Waals surface area contributed by atoms with Gasteiger partial charge >= 0.3 is 5.97 Å². The molecule has 4 rings (SSSR count). The molecule has 1 amide bonds. The van der Waals surface area contributed by atoms with Gasteiger partial charge in [0.2, 0.25) is 0 Å². The molecule has 1 N–H and O–H groups in total. The van der Waals surface area contributed by atoms with Gasteiger partial charge < -0.3 is 10.0 Å². The summed E-state index contributed by atoms with van der Waals surface area (Å²) in [6.45, 7) is 2.66. The zero-order valence-corrected chi connectivity index (χ0v) is 21.7. The van der Waals surface area contributed by atoms with Crippen LogP contribution in [0.4, 0.5) is 5.82 Å². The predicted octanol–water partition coefficient (Wildman–Crippen LogP) is 3.31. The molecule has 36 heavy (non-hydrogen) atoms. The second kappa shape index (κ2) is 10.7. The van der Waals surface area contributed by atoms with E-state index in [-0.39, 0.29) is 20.3 Å². The van der Waals surface area contributed by atoms with Crippen molar-refractivity contribution in [3.63, 3.8) is 0 Å². The summed E-state index contributed by atoms with van der Waals surface area (Å²) in [4.78, 5) is 40.5. The summed E-state index contributed by atoms with van der Waals surface area (Å²) in [5.41, 5.74) is 2.04. The van der Waals surface area contributed by atoms with Crippen molar-refractivity contribution in [3.8, 4) is 6.07 Å². The zero-order valence-electron chi connectivity index (χ0n) is 20.1. The quantitative estimate of drug-likeness (QED) is 0.455. The van der Waals surface area contributed by atoms with Crippen molar-refractivity contribution in [1.29, 1.82) is 5.26 Å².